The van der Waals surface area contributed by atoms with Crippen LogP contribution in [0.2, 0.25) is 0 Å². The van der Waals surface area contributed by atoms with Gasteiger partial charge in [0.1, 0.15) is 6.29 Å². The first-order valence-electron chi connectivity index (χ1n) is 4.56. The van der Waals surface area contributed by atoms with Crippen molar-refractivity contribution in [3.05, 3.63) is 48.0 Å². The van der Waals surface area contributed by atoms with Gasteiger partial charge in [-0.2, -0.15) is 0 Å². The van der Waals surface area contributed by atoms with Crippen LogP contribution in [0.25, 0.3) is 0 Å². The molecule has 0 saturated carbocycles. The van der Waals surface area contributed by atoms with Crippen molar-refractivity contribution in [2.24, 2.45) is 0 Å². The minimum absolute atomic E-state index is 0.630. The summed E-state index contributed by atoms with van der Waals surface area (Å²) in [4.78, 5) is 10.0. The Morgan fingerprint density at radius 1 is 1.00 bits per heavy atom. The number of rotatable bonds is 5. The van der Waals surface area contributed by atoms with E-state index in [0.717, 1.165) is 19.1 Å². The van der Waals surface area contributed by atoms with Gasteiger partial charge in [0, 0.05) is 6.42 Å². The maximum absolute atomic E-state index is 10.0. The highest BCUT2D eigenvalue weighted by atomic mass is 16.1. The van der Waals surface area contributed by atoms with E-state index < -0.39 is 0 Å². The van der Waals surface area contributed by atoms with Gasteiger partial charge in [-0.05, 0) is 18.4 Å². The van der Waals surface area contributed by atoms with Gasteiger partial charge in [-0.3, -0.25) is 0 Å². The molecule has 0 fully saturated rings. The maximum Gasteiger partial charge on any atom is 0.120 e. The normalized spacial score (nSPS) is 10.5. The monoisotopic (exact) mass is 174 g/mol. The molecule has 0 unspecified atom stereocenters. The quantitative estimate of drug-likeness (QED) is 0.381. The fourth-order valence-corrected chi connectivity index (χ4v) is 1.12. The van der Waals surface area contributed by atoms with E-state index in [4.69, 9.17) is 0 Å². The first-order chi connectivity index (χ1) is 6.43. The second kappa shape index (κ2) is 6.18. The van der Waals surface area contributed by atoms with Crippen molar-refractivity contribution in [1.82, 2.24) is 0 Å². The van der Waals surface area contributed by atoms with Crippen LogP contribution in [0, 0.1) is 0 Å². The Bertz CT molecular complexity index is 262. The highest BCUT2D eigenvalue weighted by molar-refractivity contribution is 5.49. The number of hydrogen-bond acceptors (Lipinski definition) is 1. The van der Waals surface area contributed by atoms with E-state index in [1.807, 2.05) is 18.2 Å². The van der Waals surface area contributed by atoms with Gasteiger partial charge in [0.15, 0.2) is 0 Å². The standard InChI is InChI=1S/C12H14O/c13-11-7-2-1-4-8-12-9-5-3-6-10-12/h1,3-6,9-11H,2,7-8H2/b4-1-. The van der Waals surface area contributed by atoms with Crippen molar-refractivity contribution in [1.29, 1.82) is 0 Å². The molecule has 1 aromatic carbocycles. The molecule has 1 aromatic rings. The summed E-state index contributed by atoms with van der Waals surface area (Å²) in [5, 5.41) is 0. The third-order valence-corrected chi connectivity index (χ3v) is 1.81. The maximum atomic E-state index is 10.0. The Labute approximate surface area is 79.1 Å². The molecule has 13 heavy (non-hydrogen) atoms. The fourth-order valence-electron chi connectivity index (χ4n) is 1.12. The Kier molecular flexibility index (Phi) is 4.62. The summed E-state index contributed by atoms with van der Waals surface area (Å²) in [5.74, 6) is 0. The number of hydrogen-bond donors (Lipinski definition) is 0. The minimum atomic E-state index is 0.630. The van der Waals surface area contributed by atoms with Gasteiger partial charge >= 0.3 is 0 Å². The van der Waals surface area contributed by atoms with E-state index >= 15 is 0 Å². The van der Waals surface area contributed by atoms with Crippen LogP contribution in [-0.2, 0) is 11.2 Å². The lowest BCUT2D eigenvalue weighted by Gasteiger charge is -1.93. The number of benzene rings is 1. The van der Waals surface area contributed by atoms with E-state index in [9.17, 15) is 4.79 Å². The molecule has 0 heterocycles. The van der Waals surface area contributed by atoms with E-state index in [2.05, 4.69) is 24.3 Å². The van der Waals surface area contributed by atoms with Crippen LogP contribution in [0.3, 0.4) is 0 Å². The second-order valence-electron chi connectivity index (χ2n) is 2.91. The number of unbranched alkanes of at least 4 members (excludes halogenated alkanes) is 1. The van der Waals surface area contributed by atoms with Crippen molar-refractivity contribution in [3.8, 4) is 0 Å². The molecule has 0 aliphatic carbocycles. The van der Waals surface area contributed by atoms with E-state index in [-0.39, 0.29) is 0 Å². The SMILES string of the molecule is O=CCC/C=C\Cc1ccccc1. The van der Waals surface area contributed by atoms with Crippen LogP contribution < -0.4 is 0 Å². The third kappa shape index (κ3) is 4.26. The molecule has 0 aromatic heterocycles. The molecule has 0 aliphatic heterocycles. The molecule has 0 aliphatic rings. The molecule has 1 heteroatoms. The Morgan fingerprint density at radius 2 is 1.77 bits per heavy atom. The van der Waals surface area contributed by atoms with Gasteiger partial charge in [0.05, 0.1) is 0 Å². The molecule has 0 saturated heterocycles. The van der Waals surface area contributed by atoms with Crippen LogP contribution in [0.1, 0.15) is 18.4 Å². The van der Waals surface area contributed by atoms with E-state index in [0.29, 0.717) is 6.42 Å². The predicted molar refractivity (Wildman–Crippen MR) is 54.6 cm³/mol. The van der Waals surface area contributed by atoms with E-state index in [1.165, 1.54) is 5.56 Å². The van der Waals surface area contributed by atoms with Crippen LogP contribution in [0.15, 0.2) is 42.5 Å². The minimum Gasteiger partial charge on any atom is -0.303 e. The molecule has 0 bridgehead atoms. The number of aldehydes is 1. The summed E-state index contributed by atoms with van der Waals surface area (Å²) in [6.07, 6.45) is 7.56. The molecular formula is C12H14O. The first kappa shape index (κ1) is 9.72. The zero-order valence-electron chi connectivity index (χ0n) is 7.65. The summed E-state index contributed by atoms with van der Waals surface area (Å²) in [5.41, 5.74) is 1.31. The van der Waals surface area contributed by atoms with Crippen molar-refractivity contribution >= 4 is 6.29 Å². The van der Waals surface area contributed by atoms with Crippen LogP contribution in [0.4, 0.5) is 0 Å². The summed E-state index contributed by atoms with van der Waals surface area (Å²) in [7, 11) is 0. The van der Waals surface area contributed by atoms with Crippen LogP contribution >= 0.6 is 0 Å². The predicted octanol–water partition coefficient (Wildman–Crippen LogP) is 2.76. The fraction of sp³-hybridized carbons (Fsp3) is 0.250. The van der Waals surface area contributed by atoms with E-state index in [1.54, 1.807) is 0 Å². The average Bonchev–Trinajstić information content (AvgIpc) is 2.19. The summed E-state index contributed by atoms with van der Waals surface area (Å²) < 4.78 is 0. The molecule has 0 atom stereocenters. The van der Waals surface area contributed by atoms with Gasteiger partial charge in [0.2, 0.25) is 0 Å². The first-order valence-corrected chi connectivity index (χ1v) is 4.56. The van der Waals surface area contributed by atoms with Gasteiger partial charge in [-0.25, -0.2) is 0 Å². The lowest BCUT2D eigenvalue weighted by atomic mass is 10.1. The Balaban J connectivity index is 2.26. The number of allylic oxidation sites excluding steroid dienone is 2. The molecular weight excluding hydrogens is 160 g/mol. The summed E-state index contributed by atoms with van der Waals surface area (Å²) in [6, 6.07) is 10.3. The lowest BCUT2D eigenvalue weighted by molar-refractivity contribution is -0.107. The van der Waals surface area contributed by atoms with Crippen molar-refractivity contribution < 1.29 is 4.79 Å². The summed E-state index contributed by atoms with van der Waals surface area (Å²) in [6.45, 7) is 0. The van der Waals surface area contributed by atoms with Gasteiger partial charge in [0.25, 0.3) is 0 Å². The zero-order valence-corrected chi connectivity index (χ0v) is 7.65. The van der Waals surface area contributed by atoms with Crippen molar-refractivity contribution in [2.45, 2.75) is 19.3 Å². The van der Waals surface area contributed by atoms with Crippen molar-refractivity contribution in [3.63, 3.8) is 0 Å². The van der Waals surface area contributed by atoms with Gasteiger partial charge < -0.3 is 4.79 Å². The second-order valence-corrected chi connectivity index (χ2v) is 2.91. The largest absolute Gasteiger partial charge is 0.303 e. The third-order valence-electron chi connectivity index (χ3n) is 1.81. The molecule has 0 spiro atoms. The average molecular weight is 174 g/mol. The van der Waals surface area contributed by atoms with Gasteiger partial charge in [-0.15, -0.1) is 0 Å². The summed E-state index contributed by atoms with van der Waals surface area (Å²) >= 11 is 0. The highest BCUT2D eigenvalue weighted by Crippen LogP contribution is 2.00. The van der Waals surface area contributed by atoms with Gasteiger partial charge in [-0.1, -0.05) is 42.5 Å². The van der Waals surface area contributed by atoms with Crippen LogP contribution in [0.5, 0.6) is 0 Å². The topological polar surface area (TPSA) is 17.1 Å². The Morgan fingerprint density at radius 3 is 2.46 bits per heavy atom. The molecule has 0 radical (unpaired) electrons. The van der Waals surface area contributed by atoms with Crippen molar-refractivity contribution in [2.75, 3.05) is 0 Å². The molecule has 1 nitrogen and oxygen atoms in total. The highest BCUT2D eigenvalue weighted by Gasteiger charge is 1.85. The zero-order chi connectivity index (χ0) is 9.36. The Hall–Kier alpha value is -1.37. The number of carbonyl (C=O) groups excluding carboxylic acids is 1. The molecule has 1 rings (SSSR count). The molecule has 0 amide bonds. The number of carbonyl (C=O) groups is 1. The lowest BCUT2D eigenvalue weighted by Crippen LogP contribution is -1.78. The molecule has 0 N–H and O–H groups in total. The molecule has 68 valence electrons. The van der Waals surface area contributed by atoms with Crippen LogP contribution in [-0.4, -0.2) is 6.29 Å². The smallest absolute Gasteiger partial charge is 0.120 e.